The number of hydrogen-bond acceptors (Lipinski definition) is 24. The van der Waals surface area contributed by atoms with E-state index >= 15 is 0 Å². The van der Waals surface area contributed by atoms with Crippen LogP contribution in [0, 0.1) is 29.6 Å². The number of aliphatic hydroxyl groups is 1. The van der Waals surface area contributed by atoms with Crippen molar-refractivity contribution >= 4 is 112 Å². The van der Waals surface area contributed by atoms with Crippen LogP contribution >= 0.6 is 0 Å². The monoisotopic (exact) mass is 1820 g/mol. The number of nitrogens with zero attached hydrogens (tertiary/aromatic N) is 3. The van der Waals surface area contributed by atoms with Crippen LogP contribution < -0.4 is 64.4 Å². The van der Waals surface area contributed by atoms with Crippen molar-refractivity contribution < 1.29 is 131 Å². The van der Waals surface area contributed by atoms with Gasteiger partial charge in [0.2, 0.25) is 59.1 Å². The summed E-state index contributed by atoms with van der Waals surface area (Å²) in [6.07, 6.45) is -2.86. The van der Waals surface area contributed by atoms with E-state index in [9.17, 15) is 102 Å². The number of anilines is 2. The predicted molar refractivity (Wildman–Crippen MR) is 467 cm³/mol. The summed E-state index contributed by atoms with van der Waals surface area (Å²) in [5.74, 6) is -9.82. The van der Waals surface area contributed by atoms with Crippen molar-refractivity contribution in [2.45, 2.75) is 232 Å². The zero-order valence-corrected chi connectivity index (χ0v) is 75.5. The molecule has 0 spiro atoms. The van der Waals surface area contributed by atoms with E-state index in [1.165, 1.54) is 74.2 Å². The summed E-state index contributed by atoms with van der Waals surface area (Å²) < 4.78 is 22.7. The first-order valence-corrected chi connectivity index (χ1v) is 43.0. The maximum atomic E-state index is 14.8. The third-order valence-electron chi connectivity index (χ3n) is 21.8. The molecule has 129 heavy (non-hydrogen) atoms. The Balaban J connectivity index is 1.20. The number of aliphatic carboxylic acids is 4. The molecule has 0 bridgehead atoms. The topological polar surface area (TPSA) is 606 Å². The first kappa shape index (κ1) is 109. The number of methoxy groups -OCH3 is 1. The van der Waals surface area contributed by atoms with E-state index in [1.807, 2.05) is 19.2 Å². The number of hydrogen-bond donors (Lipinski definition) is 17. The highest BCUT2D eigenvalue weighted by Gasteiger charge is 2.44. The summed E-state index contributed by atoms with van der Waals surface area (Å²) in [6.45, 7) is 16.7. The lowest BCUT2D eigenvalue weighted by Crippen LogP contribution is -2.60. The summed E-state index contributed by atoms with van der Waals surface area (Å²) in [5.41, 5.74) is 2.12. The summed E-state index contributed by atoms with van der Waals surface area (Å²) in [7, 11) is 4.39. The summed E-state index contributed by atoms with van der Waals surface area (Å²) in [4.78, 5) is 230. The van der Waals surface area contributed by atoms with E-state index in [2.05, 4.69) is 58.0 Å². The van der Waals surface area contributed by atoms with Gasteiger partial charge in [-0.25, -0.2) is 29.9 Å². The van der Waals surface area contributed by atoms with Gasteiger partial charge < -0.3 is 113 Å². The minimum atomic E-state index is -1.55. The highest BCUT2D eigenvalue weighted by molar-refractivity contribution is 6.00. The van der Waals surface area contributed by atoms with E-state index in [1.54, 1.807) is 91.1 Å². The Labute approximate surface area is 750 Å². The molecule has 18 N–H and O–H groups in total. The van der Waals surface area contributed by atoms with Gasteiger partial charge in [0.05, 0.1) is 69.5 Å². The average molecular weight is 1820 g/mol. The third-order valence-corrected chi connectivity index (χ3v) is 21.8. The van der Waals surface area contributed by atoms with Gasteiger partial charge in [-0.15, -0.1) is 0 Å². The van der Waals surface area contributed by atoms with Gasteiger partial charge in [-0.1, -0.05) is 111 Å². The zero-order valence-electron chi connectivity index (χ0n) is 75.5. The number of carbonyl (C=O) groups excluding carboxylic acids is 13. The Hall–Kier alpha value is -12.0. The van der Waals surface area contributed by atoms with Crippen LogP contribution in [0.3, 0.4) is 0 Å². The van der Waals surface area contributed by atoms with Gasteiger partial charge in [-0.3, -0.25) is 67.3 Å². The average Bonchev–Trinajstić information content (AvgIpc) is 1.45. The van der Waals surface area contributed by atoms with Gasteiger partial charge in [0, 0.05) is 77.0 Å². The van der Waals surface area contributed by atoms with Gasteiger partial charge in [-0.05, 0) is 123 Å². The third kappa shape index (κ3) is 37.7. The molecule has 1 unspecified atom stereocenters. The Bertz CT molecular complexity index is 4200. The summed E-state index contributed by atoms with van der Waals surface area (Å²) in [5, 5.41) is 77.2. The van der Waals surface area contributed by atoms with Crippen LogP contribution in [0.15, 0.2) is 78.9 Å². The molecule has 1 saturated heterocycles. The van der Waals surface area contributed by atoms with E-state index in [0.717, 1.165) is 4.90 Å². The summed E-state index contributed by atoms with van der Waals surface area (Å²) in [6, 6.07) is 8.10. The number of amides is 14. The Morgan fingerprint density at radius 3 is 1.71 bits per heavy atom. The molecule has 3 aromatic rings. The van der Waals surface area contributed by atoms with Crippen LogP contribution in [0.4, 0.5) is 21.0 Å². The van der Waals surface area contributed by atoms with Crippen LogP contribution in [0.2, 0.25) is 0 Å². The fourth-order valence-corrected chi connectivity index (χ4v) is 14.2. The SMILES string of the molecule is CC[C@H](C)[C@@H]([C@@H](CC(=O)N1CCC[C@H]1[C@H](O)[C@@H](C)C(=O)N[C@@H](Cc1ccccc1)C(=O)O)OC)N(C)C(=O)[C@@H](NC(=O)[C@H](C(C)C)N(C)C(=O)OCc1ccc(NC(=O)[C@H](C)NC(=O)[C@@H](NC(=O)C(CCC(=O)NCCOCCOCCC(=O)Nc2ccc(C(=O)NCCCC[C@H](NC(=O)N[C@@H](CCC(=O)O)C(=O)O)C(=O)O)cc2)NC(=O)CON)C(C)C)cc1)C(C)C. The molecule has 14 amide bonds. The van der Waals surface area contributed by atoms with Crippen molar-refractivity contribution in [3.63, 3.8) is 0 Å². The number of likely N-dealkylation sites (N-methyl/N-ethyl adjacent to an activating group) is 2. The molecule has 0 radical (unpaired) electrons. The lowest BCUT2D eigenvalue weighted by Gasteiger charge is -2.41. The van der Waals surface area contributed by atoms with Crippen molar-refractivity contribution in [2.24, 2.45) is 35.5 Å². The quantitative estimate of drug-likeness (QED) is 0.0285. The van der Waals surface area contributed by atoms with Gasteiger partial charge in [-0.2, -0.15) is 0 Å². The number of unbranched alkanes of at least 4 members (excludes halogenated alkanes) is 1. The molecular weight excluding hydrogens is 1690 g/mol. The fourth-order valence-electron chi connectivity index (χ4n) is 14.2. The molecule has 0 saturated carbocycles. The molecule has 1 aliphatic rings. The first-order valence-electron chi connectivity index (χ1n) is 43.0. The minimum absolute atomic E-state index is 0.0174. The second-order valence-corrected chi connectivity index (χ2v) is 32.7. The number of likely N-dealkylation sites (tertiary alicyclic amines) is 1. The molecule has 14 atom stereocenters. The van der Waals surface area contributed by atoms with Crippen LogP contribution in [0.5, 0.6) is 0 Å². The molecule has 716 valence electrons. The molecule has 42 nitrogen and oxygen atoms in total. The first-order chi connectivity index (χ1) is 61.0. The highest BCUT2D eigenvalue weighted by atomic mass is 16.6. The Morgan fingerprint density at radius 2 is 1.13 bits per heavy atom. The molecule has 1 fully saturated rings. The molecule has 1 aliphatic heterocycles. The van der Waals surface area contributed by atoms with Crippen LogP contribution in [-0.4, -0.2) is 288 Å². The number of carbonyl (C=O) groups is 17. The van der Waals surface area contributed by atoms with Crippen molar-refractivity contribution in [2.75, 3.05) is 84.5 Å². The predicted octanol–water partition coefficient (Wildman–Crippen LogP) is 2.39. The smallest absolute Gasteiger partial charge is 0.410 e. The van der Waals surface area contributed by atoms with Gasteiger partial charge in [0.15, 0.2) is 0 Å². The van der Waals surface area contributed by atoms with Gasteiger partial charge >= 0.3 is 36.0 Å². The summed E-state index contributed by atoms with van der Waals surface area (Å²) >= 11 is 0. The van der Waals surface area contributed by atoms with E-state index < -0.39 is 211 Å². The number of rotatable bonds is 58. The molecule has 42 heteroatoms. The minimum Gasteiger partial charge on any atom is -0.481 e. The molecule has 0 aliphatic carbocycles. The van der Waals surface area contributed by atoms with Crippen LogP contribution in [-0.2, 0) is 104 Å². The number of nitrogens with one attached hydrogen (secondary N) is 11. The lowest BCUT2D eigenvalue weighted by molar-refractivity contribution is -0.148. The standard InChI is InChI=1S/C87H131N15O27/c1-14-52(8)74(65(125-13)46-69(106)102-40-20-24-64(102)75(109)53(9)76(110)95-63(85(121)122)45-55-21-16-15-17-22-55)100(11)82(116)72(50(4)5)99-81(115)73(51(6)7)101(12)87(124)128-47-56-25-29-59(30-26-56)93-77(111)54(10)91-80(114)71(49(2)3)98-79(113)60(94-68(105)48-129-88)33-35-66(103)89-39-42-127-44-43-126-41-37-67(104)92-58-31-27-57(28-32-58)78(112)90-38-19-18-23-61(83(117)118)96-86(123)97-62(84(119)120)34-36-70(107)108/h15-17,21-22,25-32,49-54,60-65,71-75,109H,14,18-20,23-24,33-48,88H2,1-13H3,(H,89,103)(H,90,112)(H,91,114)(H,92,104)(H,93,111)(H,94,105)(H,95,110)(H,98,113)(H,99,115)(H,107,108)(H,117,118)(H,119,120)(H,121,122)(H2,96,97,123)/t52-,53+,54-,60?,61-,62-,63-,64-,65+,71-,72-,73-,74-,75+/m0/s1. The van der Waals surface area contributed by atoms with E-state index in [-0.39, 0.29) is 121 Å². The van der Waals surface area contributed by atoms with Gasteiger partial charge in [0.25, 0.3) is 5.91 Å². The number of urea groups is 1. The zero-order chi connectivity index (χ0) is 96.3. The van der Waals surface area contributed by atoms with Crippen molar-refractivity contribution in [1.29, 1.82) is 0 Å². The maximum absolute atomic E-state index is 14.8. The van der Waals surface area contributed by atoms with Crippen LogP contribution in [0.1, 0.15) is 168 Å². The number of carboxylic acids is 4. The number of benzene rings is 3. The van der Waals surface area contributed by atoms with Crippen molar-refractivity contribution in [1.82, 2.24) is 62.6 Å². The molecule has 4 rings (SSSR count). The van der Waals surface area contributed by atoms with Crippen LogP contribution in [0.25, 0.3) is 0 Å². The molecule has 1 heterocycles. The number of carboxylic acid groups (broad SMARTS) is 4. The fraction of sp³-hybridized carbons (Fsp3) is 0.598. The Morgan fingerprint density at radius 1 is 0.543 bits per heavy atom. The second-order valence-electron chi connectivity index (χ2n) is 32.7. The lowest BCUT2D eigenvalue weighted by atomic mass is 9.89. The number of aliphatic hydroxyl groups excluding tert-OH is 1. The largest absolute Gasteiger partial charge is 0.481 e. The second kappa shape index (κ2) is 56.4. The normalized spacial score (nSPS) is 15.5. The maximum Gasteiger partial charge on any atom is 0.410 e. The molecule has 0 aromatic heterocycles. The molecular formula is C87H131N15O27. The van der Waals surface area contributed by atoms with Crippen molar-refractivity contribution in [3.8, 4) is 0 Å². The van der Waals surface area contributed by atoms with E-state index in [0.29, 0.717) is 42.5 Å². The van der Waals surface area contributed by atoms with Crippen molar-refractivity contribution in [3.05, 3.63) is 95.6 Å². The Kier molecular flexibility index (Phi) is 47.8. The van der Waals surface area contributed by atoms with E-state index in [4.69, 9.17) is 30.0 Å². The van der Waals surface area contributed by atoms with Gasteiger partial charge in [0.1, 0.15) is 61.5 Å². The number of nitrogens with two attached hydrogens (primary N) is 1. The molecule has 3 aromatic carbocycles. The highest BCUT2D eigenvalue weighted by Crippen LogP contribution is 2.30. The number of ether oxygens (including phenoxy) is 4.